The van der Waals surface area contributed by atoms with Crippen LogP contribution in [0.2, 0.25) is 0 Å². The minimum absolute atomic E-state index is 0.557. The fourth-order valence-corrected chi connectivity index (χ4v) is 1.18. The number of hydrogen-bond donors (Lipinski definition) is 1. The van der Waals surface area contributed by atoms with Crippen molar-refractivity contribution in [3.8, 4) is 0 Å². The molecule has 1 aliphatic heterocycles. The summed E-state index contributed by atoms with van der Waals surface area (Å²) in [5, 5.41) is 3.29. The van der Waals surface area contributed by atoms with Gasteiger partial charge in [0.05, 0.1) is 0 Å². The number of nitrogens with zero attached hydrogens (tertiary/aromatic N) is 1. The molecule has 0 aliphatic carbocycles. The van der Waals surface area contributed by atoms with Gasteiger partial charge in [-0.3, -0.25) is 0 Å². The summed E-state index contributed by atoms with van der Waals surface area (Å²) in [4.78, 5) is 0. The zero-order chi connectivity index (χ0) is 5.98. The Hall–Kier alpha value is 0.210. The van der Waals surface area contributed by atoms with Crippen LogP contribution in [-0.2, 0) is 0 Å². The van der Waals surface area contributed by atoms with Crippen molar-refractivity contribution in [2.45, 2.75) is 13.0 Å². The summed E-state index contributed by atoms with van der Waals surface area (Å²) in [6.45, 7) is 5.08. The van der Waals surface area contributed by atoms with Gasteiger partial charge in [-0.15, -0.1) is 0 Å². The van der Waals surface area contributed by atoms with Gasteiger partial charge in [-0.05, 0) is 18.7 Å². The van der Waals surface area contributed by atoms with Crippen LogP contribution in [0.5, 0.6) is 0 Å². The van der Waals surface area contributed by atoms with Crippen LogP contribution in [0.15, 0.2) is 0 Å². The molecule has 1 rings (SSSR count). The van der Waals surface area contributed by atoms with Crippen LogP contribution in [0.1, 0.15) is 6.92 Å². The maximum absolute atomic E-state index is 5.70. The molecule has 0 amide bonds. The number of piperazine rings is 1. The van der Waals surface area contributed by atoms with Crippen molar-refractivity contribution >= 4 is 11.8 Å². The Morgan fingerprint density at radius 1 is 1.75 bits per heavy atom. The van der Waals surface area contributed by atoms with E-state index >= 15 is 0 Å². The van der Waals surface area contributed by atoms with Gasteiger partial charge in [-0.25, -0.2) is 4.42 Å². The predicted molar refractivity (Wildman–Crippen MR) is 34.9 cm³/mol. The van der Waals surface area contributed by atoms with Crippen molar-refractivity contribution < 1.29 is 0 Å². The van der Waals surface area contributed by atoms with Crippen molar-refractivity contribution in [1.82, 2.24) is 9.74 Å². The third-order valence-corrected chi connectivity index (χ3v) is 1.63. The molecule has 48 valence electrons. The first-order chi connectivity index (χ1) is 3.79. The molecule has 8 heavy (non-hydrogen) atoms. The van der Waals surface area contributed by atoms with Crippen molar-refractivity contribution in [3.05, 3.63) is 0 Å². The predicted octanol–water partition coefficient (Wildman–Crippen LogP) is 0.434. The van der Waals surface area contributed by atoms with Crippen LogP contribution in [0.3, 0.4) is 0 Å². The monoisotopic (exact) mass is 134 g/mol. The molecule has 1 heterocycles. The molecule has 0 radical (unpaired) electrons. The quantitative estimate of drug-likeness (QED) is 0.484. The van der Waals surface area contributed by atoms with E-state index in [0.29, 0.717) is 6.04 Å². The van der Waals surface area contributed by atoms with Crippen LogP contribution >= 0.6 is 11.8 Å². The largest absolute Gasteiger partial charge is 0.312 e. The second kappa shape index (κ2) is 2.67. The van der Waals surface area contributed by atoms with Gasteiger partial charge in [0.2, 0.25) is 0 Å². The molecule has 0 spiro atoms. The van der Waals surface area contributed by atoms with Crippen molar-refractivity contribution in [2.75, 3.05) is 19.6 Å². The second-order valence-corrected chi connectivity index (χ2v) is 2.70. The van der Waals surface area contributed by atoms with Crippen LogP contribution in [-0.4, -0.2) is 30.1 Å². The van der Waals surface area contributed by atoms with E-state index in [1.807, 2.05) is 4.42 Å². The van der Waals surface area contributed by atoms with E-state index in [-0.39, 0.29) is 0 Å². The fourth-order valence-electron chi connectivity index (χ4n) is 0.885. The topological polar surface area (TPSA) is 15.3 Å². The van der Waals surface area contributed by atoms with Crippen molar-refractivity contribution in [1.29, 1.82) is 0 Å². The van der Waals surface area contributed by atoms with Gasteiger partial charge in [0.15, 0.2) is 0 Å². The molecule has 1 unspecified atom stereocenters. The number of nitrogens with one attached hydrogen (secondary N) is 1. The van der Waals surface area contributed by atoms with E-state index in [1.165, 1.54) is 0 Å². The zero-order valence-corrected chi connectivity index (χ0v) is 5.78. The summed E-state index contributed by atoms with van der Waals surface area (Å²) in [7, 11) is 0. The molecular formula is C5H11ClN2. The molecule has 0 aromatic heterocycles. The molecule has 0 bridgehead atoms. The molecule has 2 nitrogen and oxygen atoms in total. The highest BCUT2D eigenvalue weighted by Crippen LogP contribution is 1.99. The highest BCUT2D eigenvalue weighted by molar-refractivity contribution is 6.13. The molecule has 1 atom stereocenters. The SMILES string of the molecule is CC1CN(Cl)CCN1. The first-order valence-electron chi connectivity index (χ1n) is 2.93. The second-order valence-electron chi connectivity index (χ2n) is 2.22. The minimum Gasteiger partial charge on any atom is -0.312 e. The van der Waals surface area contributed by atoms with Crippen LogP contribution in [0.25, 0.3) is 0 Å². The lowest BCUT2D eigenvalue weighted by Gasteiger charge is -2.25. The van der Waals surface area contributed by atoms with E-state index in [1.54, 1.807) is 0 Å². The number of hydrogen-bond acceptors (Lipinski definition) is 2. The van der Waals surface area contributed by atoms with Gasteiger partial charge >= 0.3 is 0 Å². The van der Waals surface area contributed by atoms with Gasteiger partial charge in [0.25, 0.3) is 0 Å². The third kappa shape index (κ3) is 1.62. The highest BCUT2D eigenvalue weighted by Gasteiger charge is 2.11. The fraction of sp³-hybridized carbons (Fsp3) is 1.00. The molecule has 0 saturated carbocycles. The van der Waals surface area contributed by atoms with Crippen molar-refractivity contribution in [2.24, 2.45) is 0 Å². The van der Waals surface area contributed by atoms with Gasteiger partial charge in [-0.1, -0.05) is 0 Å². The molecule has 1 fully saturated rings. The van der Waals surface area contributed by atoms with Crippen LogP contribution in [0.4, 0.5) is 0 Å². The summed E-state index contributed by atoms with van der Waals surface area (Å²) in [5.41, 5.74) is 0. The zero-order valence-electron chi connectivity index (χ0n) is 5.02. The van der Waals surface area contributed by atoms with Gasteiger partial charge in [0.1, 0.15) is 0 Å². The van der Waals surface area contributed by atoms with E-state index < -0.39 is 0 Å². The van der Waals surface area contributed by atoms with Gasteiger partial charge < -0.3 is 5.32 Å². The summed E-state index contributed by atoms with van der Waals surface area (Å²) in [6.07, 6.45) is 0. The molecule has 1 aliphatic rings. The maximum atomic E-state index is 5.70. The Morgan fingerprint density at radius 3 is 2.88 bits per heavy atom. The number of rotatable bonds is 0. The lowest BCUT2D eigenvalue weighted by atomic mass is 10.3. The van der Waals surface area contributed by atoms with Gasteiger partial charge in [0, 0.05) is 25.7 Å². The van der Waals surface area contributed by atoms with E-state index in [4.69, 9.17) is 11.8 Å². The molecule has 0 aromatic carbocycles. The Morgan fingerprint density at radius 2 is 2.50 bits per heavy atom. The summed E-state index contributed by atoms with van der Waals surface area (Å²) in [5.74, 6) is 0. The summed E-state index contributed by atoms with van der Waals surface area (Å²) >= 11 is 5.70. The normalized spacial score (nSPS) is 33.0. The Labute approximate surface area is 54.9 Å². The Kier molecular flexibility index (Phi) is 2.11. The molecular weight excluding hydrogens is 124 g/mol. The molecule has 1 saturated heterocycles. The summed E-state index contributed by atoms with van der Waals surface area (Å²) in [6, 6.07) is 0.557. The van der Waals surface area contributed by atoms with Gasteiger partial charge in [-0.2, -0.15) is 0 Å². The Bertz CT molecular complexity index is 68.8. The van der Waals surface area contributed by atoms with E-state index in [0.717, 1.165) is 19.6 Å². The maximum Gasteiger partial charge on any atom is 0.0291 e. The smallest absolute Gasteiger partial charge is 0.0291 e. The first kappa shape index (κ1) is 6.33. The average Bonchev–Trinajstić information content (AvgIpc) is 1.64. The lowest BCUT2D eigenvalue weighted by molar-refractivity contribution is 0.325. The van der Waals surface area contributed by atoms with Crippen LogP contribution < -0.4 is 5.32 Å². The third-order valence-electron chi connectivity index (χ3n) is 1.32. The Balaban J connectivity index is 2.23. The molecule has 1 N–H and O–H groups in total. The average molecular weight is 135 g/mol. The molecule has 0 aromatic rings. The van der Waals surface area contributed by atoms with Crippen LogP contribution in [0, 0.1) is 0 Å². The van der Waals surface area contributed by atoms with E-state index in [9.17, 15) is 0 Å². The minimum atomic E-state index is 0.557. The number of halogens is 1. The highest BCUT2D eigenvalue weighted by atomic mass is 35.5. The molecule has 3 heteroatoms. The van der Waals surface area contributed by atoms with Crippen molar-refractivity contribution in [3.63, 3.8) is 0 Å². The summed E-state index contributed by atoms with van der Waals surface area (Å²) < 4.78 is 1.82. The standard InChI is InChI=1S/C5H11ClN2/c1-5-4-8(6)3-2-7-5/h5,7H,2-4H2,1H3. The lowest BCUT2D eigenvalue weighted by Crippen LogP contribution is -2.45. The first-order valence-corrected chi connectivity index (χ1v) is 3.27. The van der Waals surface area contributed by atoms with E-state index in [2.05, 4.69) is 12.2 Å².